The first-order valence-electron chi connectivity index (χ1n) is 5.97. The molecule has 0 saturated heterocycles. The Morgan fingerprint density at radius 1 is 1.35 bits per heavy atom. The highest BCUT2D eigenvalue weighted by Crippen LogP contribution is 2.25. The van der Waals surface area contributed by atoms with Crippen LogP contribution in [0.5, 0.6) is 0 Å². The largest absolute Gasteiger partial charge is 0.382 e. The Morgan fingerprint density at radius 2 is 2.12 bits per heavy atom. The van der Waals surface area contributed by atoms with Crippen LogP contribution in [0.3, 0.4) is 0 Å². The topological polar surface area (TPSA) is 30.5 Å². The molecular weight excluding hydrogens is 234 g/mol. The molecule has 0 spiro atoms. The van der Waals surface area contributed by atoms with Gasteiger partial charge in [-0.3, -0.25) is 0 Å². The van der Waals surface area contributed by atoms with Crippen molar-refractivity contribution in [1.82, 2.24) is 5.32 Å². The summed E-state index contributed by atoms with van der Waals surface area (Å²) in [5.41, 5.74) is 0. The van der Waals surface area contributed by atoms with Gasteiger partial charge < -0.3 is 14.8 Å². The molecule has 2 atom stereocenters. The minimum atomic E-state index is 0.112. The van der Waals surface area contributed by atoms with E-state index in [2.05, 4.69) is 36.7 Å². The van der Waals surface area contributed by atoms with Gasteiger partial charge in [0.05, 0.1) is 12.7 Å². The Morgan fingerprint density at radius 3 is 2.59 bits per heavy atom. The smallest absolute Gasteiger partial charge is 0.0928 e. The molecule has 98 valence electrons. The Hall–Kier alpha value is -0.420. The maximum atomic E-state index is 5.35. The van der Waals surface area contributed by atoms with Crippen LogP contribution in [-0.4, -0.2) is 33.5 Å². The lowest BCUT2D eigenvalue weighted by molar-refractivity contribution is 0.0265. The van der Waals surface area contributed by atoms with E-state index in [0.717, 1.165) is 6.54 Å². The van der Waals surface area contributed by atoms with E-state index in [-0.39, 0.29) is 6.10 Å². The van der Waals surface area contributed by atoms with Crippen LogP contribution in [-0.2, 0) is 9.47 Å². The molecule has 0 amide bonds. The second-order valence-corrected chi connectivity index (χ2v) is 5.44. The van der Waals surface area contributed by atoms with Gasteiger partial charge in [-0.25, -0.2) is 0 Å². The Balaban J connectivity index is 2.50. The Labute approximate surface area is 108 Å². The van der Waals surface area contributed by atoms with Crippen molar-refractivity contribution in [2.75, 3.05) is 27.4 Å². The summed E-state index contributed by atoms with van der Waals surface area (Å²) >= 11 is 1.80. The fourth-order valence-electron chi connectivity index (χ4n) is 1.79. The molecule has 4 heteroatoms. The van der Waals surface area contributed by atoms with E-state index in [0.29, 0.717) is 18.6 Å². The summed E-state index contributed by atoms with van der Waals surface area (Å²) in [7, 11) is 3.42. The molecule has 0 aliphatic heterocycles. The summed E-state index contributed by atoms with van der Waals surface area (Å²) in [5.74, 6) is 0.564. The molecule has 0 aromatic carbocycles. The maximum absolute atomic E-state index is 5.35. The third kappa shape index (κ3) is 4.76. The first-order valence-corrected chi connectivity index (χ1v) is 6.85. The SMILES string of the molecule is COCC(CNC(c1cccs1)C(C)C)OC. The standard InChI is InChI=1S/C13H23NO2S/c1-10(2)13(12-6-5-7-17-12)14-8-11(16-4)9-15-3/h5-7,10-11,13-14H,8-9H2,1-4H3. The predicted molar refractivity (Wildman–Crippen MR) is 72.6 cm³/mol. The third-order valence-corrected chi connectivity index (χ3v) is 3.72. The second kappa shape index (κ2) is 7.82. The molecule has 1 rings (SSSR count). The lowest BCUT2D eigenvalue weighted by atomic mass is 10.0. The molecule has 17 heavy (non-hydrogen) atoms. The van der Waals surface area contributed by atoms with Gasteiger partial charge in [-0.05, 0) is 17.4 Å². The van der Waals surface area contributed by atoms with Crippen molar-refractivity contribution in [3.05, 3.63) is 22.4 Å². The van der Waals surface area contributed by atoms with Gasteiger partial charge in [0.1, 0.15) is 0 Å². The number of methoxy groups -OCH3 is 2. The average Bonchev–Trinajstić information content (AvgIpc) is 2.81. The summed E-state index contributed by atoms with van der Waals surface area (Å²) in [6.07, 6.45) is 0.112. The molecule has 0 saturated carbocycles. The van der Waals surface area contributed by atoms with Crippen LogP contribution < -0.4 is 5.32 Å². The van der Waals surface area contributed by atoms with Gasteiger partial charge in [0, 0.05) is 31.7 Å². The minimum absolute atomic E-state index is 0.112. The molecule has 1 heterocycles. The Bertz CT molecular complexity index is 288. The fourth-order valence-corrected chi connectivity index (χ4v) is 2.76. The van der Waals surface area contributed by atoms with Crippen LogP contribution in [0.15, 0.2) is 17.5 Å². The van der Waals surface area contributed by atoms with Gasteiger partial charge in [-0.1, -0.05) is 19.9 Å². The molecule has 0 radical (unpaired) electrons. The third-order valence-electron chi connectivity index (χ3n) is 2.77. The summed E-state index contributed by atoms with van der Waals surface area (Å²) < 4.78 is 10.5. The van der Waals surface area contributed by atoms with Gasteiger partial charge in [-0.2, -0.15) is 0 Å². The number of hydrogen-bond acceptors (Lipinski definition) is 4. The van der Waals surface area contributed by atoms with Gasteiger partial charge >= 0.3 is 0 Å². The Kier molecular flexibility index (Phi) is 6.73. The number of nitrogens with one attached hydrogen (secondary N) is 1. The highest BCUT2D eigenvalue weighted by Gasteiger charge is 2.18. The van der Waals surface area contributed by atoms with Gasteiger partial charge in [0.15, 0.2) is 0 Å². The van der Waals surface area contributed by atoms with E-state index in [9.17, 15) is 0 Å². The summed E-state index contributed by atoms with van der Waals surface area (Å²) in [6, 6.07) is 4.67. The zero-order valence-electron chi connectivity index (χ0n) is 11.1. The maximum Gasteiger partial charge on any atom is 0.0928 e. The van der Waals surface area contributed by atoms with Crippen molar-refractivity contribution >= 4 is 11.3 Å². The van der Waals surface area contributed by atoms with Gasteiger partial charge in [0.2, 0.25) is 0 Å². The molecule has 0 fully saturated rings. The van der Waals surface area contributed by atoms with Crippen LogP contribution >= 0.6 is 11.3 Å². The highest BCUT2D eigenvalue weighted by molar-refractivity contribution is 7.10. The molecule has 0 bridgehead atoms. The van der Waals surface area contributed by atoms with Crippen molar-refractivity contribution in [1.29, 1.82) is 0 Å². The molecule has 1 N–H and O–H groups in total. The highest BCUT2D eigenvalue weighted by atomic mass is 32.1. The molecule has 1 aromatic heterocycles. The minimum Gasteiger partial charge on any atom is -0.382 e. The average molecular weight is 257 g/mol. The van der Waals surface area contributed by atoms with Crippen LogP contribution in [0.4, 0.5) is 0 Å². The van der Waals surface area contributed by atoms with E-state index < -0.39 is 0 Å². The van der Waals surface area contributed by atoms with E-state index in [1.165, 1.54) is 4.88 Å². The summed E-state index contributed by atoms with van der Waals surface area (Å²) in [4.78, 5) is 1.38. The quantitative estimate of drug-likeness (QED) is 0.776. The predicted octanol–water partition coefficient (Wildman–Crippen LogP) is 2.70. The van der Waals surface area contributed by atoms with Crippen molar-refractivity contribution in [3.63, 3.8) is 0 Å². The first kappa shape index (κ1) is 14.6. The van der Waals surface area contributed by atoms with Crippen LogP contribution in [0.2, 0.25) is 0 Å². The zero-order chi connectivity index (χ0) is 12.7. The lowest BCUT2D eigenvalue weighted by Gasteiger charge is -2.24. The molecule has 3 nitrogen and oxygen atoms in total. The van der Waals surface area contributed by atoms with E-state index in [1.807, 2.05) is 0 Å². The normalized spacial score (nSPS) is 15.1. The van der Waals surface area contributed by atoms with E-state index >= 15 is 0 Å². The monoisotopic (exact) mass is 257 g/mol. The number of ether oxygens (including phenoxy) is 2. The lowest BCUT2D eigenvalue weighted by Crippen LogP contribution is -2.35. The molecule has 1 aromatic rings. The second-order valence-electron chi connectivity index (χ2n) is 4.46. The van der Waals surface area contributed by atoms with Crippen molar-refractivity contribution in [2.45, 2.75) is 26.0 Å². The number of hydrogen-bond donors (Lipinski definition) is 1. The molecule has 0 aliphatic carbocycles. The fraction of sp³-hybridized carbons (Fsp3) is 0.692. The number of rotatable bonds is 8. The van der Waals surface area contributed by atoms with Crippen molar-refractivity contribution in [2.24, 2.45) is 5.92 Å². The van der Waals surface area contributed by atoms with Crippen LogP contribution in [0, 0.1) is 5.92 Å². The summed E-state index contributed by atoms with van der Waals surface area (Å²) in [6.45, 7) is 5.90. The molecular formula is C13H23NO2S. The van der Waals surface area contributed by atoms with Crippen LogP contribution in [0.1, 0.15) is 24.8 Å². The van der Waals surface area contributed by atoms with Crippen LogP contribution in [0.25, 0.3) is 0 Å². The van der Waals surface area contributed by atoms with Gasteiger partial charge in [0.25, 0.3) is 0 Å². The van der Waals surface area contributed by atoms with Crippen molar-refractivity contribution in [3.8, 4) is 0 Å². The number of thiophene rings is 1. The van der Waals surface area contributed by atoms with Crippen molar-refractivity contribution < 1.29 is 9.47 Å². The molecule has 2 unspecified atom stereocenters. The zero-order valence-corrected chi connectivity index (χ0v) is 11.9. The van der Waals surface area contributed by atoms with E-state index in [4.69, 9.17) is 9.47 Å². The molecule has 0 aliphatic rings. The summed E-state index contributed by atoms with van der Waals surface area (Å²) in [5, 5.41) is 5.68. The van der Waals surface area contributed by atoms with Gasteiger partial charge in [-0.15, -0.1) is 11.3 Å². The van der Waals surface area contributed by atoms with E-state index in [1.54, 1.807) is 25.6 Å². The first-order chi connectivity index (χ1) is 8.19.